The van der Waals surface area contributed by atoms with Crippen LogP contribution in [-0.2, 0) is 14.8 Å². The van der Waals surface area contributed by atoms with Crippen LogP contribution >= 0.6 is 11.6 Å². The molecule has 0 saturated heterocycles. The first-order valence-corrected chi connectivity index (χ1v) is 7.70. The zero-order valence-electron chi connectivity index (χ0n) is 11.5. The molecule has 7 nitrogen and oxygen atoms in total. The van der Waals surface area contributed by atoms with Gasteiger partial charge in [-0.2, -0.15) is 0 Å². The molecule has 1 aromatic carbocycles. The molecule has 1 rings (SSSR count). The van der Waals surface area contributed by atoms with Gasteiger partial charge in [0.2, 0.25) is 10.0 Å². The molecule has 0 amide bonds. The predicted octanol–water partition coefficient (Wildman–Crippen LogP) is 0.148. The van der Waals surface area contributed by atoms with Crippen LogP contribution < -0.4 is 4.72 Å². The van der Waals surface area contributed by atoms with E-state index < -0.39 is 34.7 Å². The number of sulfonamides is 1. The lowest BCUT2D eigenvalue weighted by Gasteiger charge is -2.20. The number of methoxy groups -OCH3 is 1. The van der Waals surface area contributed by atoms with Crippen LogP contribution in [0.1, 0.15) is 17.3 Å². The van der Waals surface area contributed by atoms with E-state index in [9.17, 15) is 18.3 Å². The van der Waals surface area contributed by atoms with Gasteiger partial charge >= 0.3 is 5.97 Å². The largest absolute Gasteiger partial charge is 0.465 e. The smallest absolute Gasteiger partial charge is 0.337 e. The molecule has 0 saturated carbocycles. The third kappa shape index (κ3) is 4.65. The molecule has 21 heavy (non-hydrogen) atoms. The van der Waals surface area contributed by atoms with E-state index in [4.69, 9.17) is 16.7 Å². The highest BCUT2D eigenvalue weighted by Gasteiger charge is 2.25. The molecule has 0 fully saturated rings. The molecule has 3 N–H and O–H groups in total. The Hall–Kier alpha value is -1.19. The van der Waals surface area contributed by atoms with Crippen molar-refractivity contribution in [3.63, 3.8) is 0 Å². The first-order chi connectivity index (χ1) is 9.63. The summed E-state index contributed by atoms with van der Waals surface area (Å²) in [5, 5.41) is 18.4. The van der Waals surface area contributed by atoms with Crippen LogP contribution in [0, 0.1) is 0 Å². The number of carbonyl (C=O) groups excluding carboxylic acids is 1. The van der Waals surface area contributed by atoms with Crippen LogP contribution in [0.4, 0.5) is 0 Å². The number of carbonyl (C=O) groups is 1. The van der Waals surface area contributed by atoms with E-state index in [-0.39, 0.29) is 15.5 Å². The number of ether oxygens (including phenoxy) is 1. The van der Waals surface area contributed by atoms with Gasteiger partial charge in [0.05, 0.1) is 29.9 Å². The Morgan fingerprint density at radius 3 is 2.62 bits per heavy atom. The number of nitrogens with one attached hydrogen (secondary N) is 1. The third-order valence-corrected chi connectivity index (χ3v) is 4.51. The lowest BCUT2D eigenvalue weighted by Crippen LogP contribution is -2.43. The minimum atomic E-state index is -4.06. The first kappa shape index (κ1) is 17.9. The van der Waals surface area contributed by atoms with Crippen molar-refractivity contribution in [2.75, 3.05) is 20.3 Å². The number of aliphatic hydroxyl groups excluding tert-OH is 1. The molecular weight excluding hydrogens is 322 g/mol. The predicted molar refractivity (Wildman–Crippen MR) is 75.7 cm³/mol. The Bertz CT molecular complexity index is 629. The average Bonchev–Trinajstić information content (AvgIpc) is 2.45. The summed E-state index contributed by atoms with van der Waals surface area (Å²) in [5.74, 6) is -0.703. The van der Waals surface area contributed by atoms with Crippen LogP contribution in [0.5, 0.6) is 0 Å². The van der Waals surface area contributed by atoms with E-state index in [1.807, 2.05) is 0 Å². The second kappa shape index (κ2) is 6.71. The van der Waals surface area contributed by atoms with Crippen LogP contribution in [-0.4, -0.2) is 50.5 Å². The maximum atomic E-state index is 12.1. The van der Waals surface area contributed by atoms with Crippen molar-refractivity contribution in [3.8, 4) is 0 Å². The number of rotatable bonds is 6. The standard InChI is InChI=1S/C12H16ClNO6S/c1-12(17,7-15)6-14-21(18,19)10-5-8(11(16)20-2)3-4-9(10)13/h3-5,14-15,17H,6-7H2,1-2H3. The average molecular weight is 338 g/mol. The number of hydrogen-bond donors (Lipinski definition) is 3. The molecule has 1 aromatic rings. The van der Waals surface area contributed by atoms with E-state index in [2.05, 4.69) is 9.46 Å². The molecule has 118 valence electrons. The van der Waals surface area contributed by atoms with E-state index >= 15 is 0 Å². The second-order valence-corrected chi connectivity index (χ2v) is 6.76. The van der Waals surface area contributed by atoms with Gasteiger partial charge in [0, 0.05) is 6.54 Å². The fraction of sp³-hybridized carbons (Fsp3) is 0.417. The molecule has 9 heteroatoms. The van der Waals surface area contributed by atoms with Crippen LogP contribution in [0.3, 0.4) is 0 Å². The Kier molecular flexibility index (Phi) is 5.71. The summed E-state index contributed by atoms with van der Waals surface area (Å²) in [5.41, 5.74) is -1.59. The number of halogens is 1. The highest BCUT2D eigenvalue weighted by Crippen LogP contribution is 2.23. The van der Waals surface area contributed by atoms with Gasteiger partial charge in [-0.05, 0) is 25.1 Å². The van der Waals surface area contributed by atoms with Gasteiger partial charge in [0.25, 0.3) is 0 Å². The lowest BCUT2D eigenvalue weighted by molar-refractivity contribution is 0.00681. The summed E-state index contributed by atoms with van der Waals surface area (Å²) in [7, 11) is -2.89. The fourth-order valence-electron chi connectivity index (χ4n) is 1.34. The van der Waals surface area contributed by atoms with Gasteiger partial charge in [0.15, 0.2) is 0 Å². The van der Waals surface area contributed by atoms with Crippen molar-refractivity contribution in [1.29, 1.82) is 0 Å². The Balaban J connectivity index is 3.10. The monoisotopic (exact) mass is 337 g/mol. The van der Waals surface area contributed by atoms with E-state index in [1.54, 1.807) is 0 Å². The topological polar surface area (TPSA) is 113 Å². The maximum absolute atomic E-state index is 12.1. The van der Waals surface area contributed by atoms with Crippen molar-refractivity contribution < 1.29 is 28.2 Å². The summed E-state index contributed by atoms with van der Waals surface area (Å²) in [6.45, 7) is 0.234. The van der Waals surface area contributed by atoms with Crippen molar-refractivity contribution >= 4 is 27.6 Å². The Morgan fingerprint density at radius 1 is 1.48 bits per heavy atom. The summed E-state index contributed by atoms with van der Waals surface area (Å²) in [6.07, 6.45) is 0. The van der Waals surface area contributed by atoms with Crippen molar-refractivity contribution in [3.05, 3.63) is 28.8 Å². The van der Waals surface area contributed by atoms with E-state index in [1.165, 1.54) is 26.2 Å². The van der Waals surface area contributed by atoms with Crippen molar-refractivity contribution in [2.45, 2.75) is 17.4 Å². The molecule has 0 radical (unpaired) electrons. The normalized spacial score (nSPS) is 14.5. The molecule has 1 unspecified atom stereocenters. The summed E-state index contributed by atoms with van der Waals surface area (Å²) in [4.78, 5) is 11.1. The van der Waals surface area contributed by atoms with Gasteiger partial charge in [-0.25, -0.2) is 17.9 Å². The highest BCUT2D eigenvalue weighted by molar-refractivity contribution is 7.89. The SMILES string of the molecule is COC(=O)c1ccc(Cl)c(S(=O)(=O)NCC(C)(O)CO)c1. The quantitative estimate of drug-likeness (QED) is 0.637. The Labute approximate surface area is 127 Å². The molecule has 0 aliphatic heterocycles. The highest BCUT2D eigenvalue weighted by atomic mass is 35.5. The van der Waals surface area contributed by atoms with Gasteiger partial charge in [-0.1, -0.05) is 11.6 Å². The molecule has 0 bridgehead atoms. The van der Waals surface area contributed by atoms with Gasteiger partial charge in [-0.3, -0.25) is 0 Å². The van der Waals surface area contributed by atoms with Crippen LogP contribution in [0.2, 0.25) is 5.02 Å². The molecule has 0 heterocycles. The summed E-state index contributed by atoms with van der Waals surface area (Å²) < 4.78 is 30.9. The molecule has 0 aliphatic carbocycles. The first-order valence-electron chi connectivity index (χ1n) is 5.84. The summed E-state index contributed by atoms with van der Waals surface area (Å²) >= 11 is 5.83. The zero-order chi connectivity index (χ0) is 16.3. The van der Waals surface area contributed by atoms with E-state index in [0.717, 1.165) is 6.07 Å². The minimum absolute atomic E-state index is 0.0243. The van der Waals surface area contributed by atoms with Crippen LogP contribution in [0.15, 0.2) is 23.1 Å². The number of benzene rings is 1. The molecule has 0 aliphatic rings. The summed E-state index contributed by atoms with van der Waals surface area (Å²) in [6, 6.07) is 3.66. The minimum Gasteiger partial charge on any atom is -0.465 e. The molecular formula is C12H16ClNO6S. The molecule has 0 aromatic heterocycles. The third-order valence-electron chi connectivity index (χ3n) is 2.63. The van der Waals surface area contributed by atoms with Crippen LogP contribution in [0.25, 0.3) is 0 Å². The van der Waals surface area contributed by atoms with E-state index in [0.29, 0.717) is 0 Å². The molecule has 0 spiro atoms. The van der Waals surface area contributed by atoms with Gasteiger partial charge < -0.3 is 14.9 Å². The number of aliphatic hydroxyl groups is 2. The van der Waals surface area contributed by atoms with Gasteiger partial charge in [0.1, 0.15) is 4.90 Å². The fourth-order valence-corrected chi connectivity index (χ4v) is 3.02. The maximum Gasteiger partial charge on any atom is 0.337 e. The second-order valence-electron chi connectivity index (χ2n) is 4.62. The number of esters is 1. The number of hydrogen-bond acceptors (Lipinski definition) is 6. The molecule has 1 atom stereocenters. The van der Waals surface area contributed by atoms with Crippen molar-refractivity contribution in [2.24, 2.45) is 0 Å². The van der Waals surface area contributed by atoms with Crippen molar-refractivity contribution in [1.82, 2.24) is 4.72 Å². The lowest BCUT2D eigenvalue weighted by atomic mass is 10.1. The van der Waals surface area contributed by atoms with Gasteiger partial charge in [-0.15, -0.1) is 0 Å². The Morgan fingerprint density at radius 2 is 2.10 bits per heavy atom. The zero-order valence-corrected chi connectivity index (χ0v) is 13.0.